The van der Waals surface area contributed by atoms with Gasteiger partial charge >= 0.3 is 6.18 Å². The molecule has 0 bridgehead atoms. The van der Waals surface area contributed by atoms with E-state index in [9.17, 15) is 13.2 Å². The van der Waals surface area contributed by atoms with Gasteiger partial charge in [-0.25, -0.2) is 0 Å². The molecule has 0 aliphatic rings. The van der Waals surface area contributed by atoms with Crippen LogP contribution in [-0.2, 0) is 13.1 Å². The third-order valence-corrected chi connectivity index (χ3v) is 2.23. The predicted octanol–water partition coefficient (Wildman–Crippen LogP) is 1.97. The molecule has 0 atom stereocenters. The smallest absolute Gasteiger partial charge is 0.325 e. The SMILES string of the molecule is NCc1cc(CNCCCC(F)(F)F)ccn1. The number of pyridine rings is 1. The topological polar surface area (TPSA) is 50.9 Å². The number of hydrogen-bond donors (Lipinski definition) is 2. The Morgan fingerprint density at radius 2 is 2.12 bits per heavy atom. The molecule has 1 heterocycles. The summed E-state index contributed by atoms with van der Waals surface area (Å²) in [6.07, 6.45) is -3.07. The van der Waals surface area contributed by atoms with Crippen LogP contribution in [0.25, 0.3) is 0 Å². The molecular weight excluding hydrogens is 231 g/mol. The maximum Gasteiger partial charge on any atom is 0.389 e. The normalized spacial score (nSPS) is 11.8. The van der Waals surface area contributed by atoms with Gasteiger partial charge in [-0.3, -0.25) is 4.98 Å². The van der Waals surface area contributed by atoms with Crippen LogP contribution in [0.3, 0.4) is 0 Å². The molecule has 96 valence electrons. The summed E-state index contributed by atoms with van der Waals surface area (Å²) in [7, 11) is 0. The van der Waals surface area contributed by atoms with Gasteiger partial charge in [0.1, 0.15) is 0 Å². The van der Waals surface area contributed by atoms with E-state index in [-0.39, 0.29) is 6.42 Å². The van der Waals surface area contributed by atoms with Gasteiger partial charge in [0, 0.05) is 25.7 Å². The fraction of sp³-hybridized carbons (Fsp3) is 0.545. The molecule has 0 aliphatic heterocycles. The highest BCUT2D eigenvalue weighted by Gasteiger charge is 2.25. The molecule has 0 aliphatic carbocycles. The Morgan fingerprint density at radius 1 is 1.35 bits per heavy atom. The van der Waals surface area contributed by atoms with Crippen LogP contribution in [0.15, 0.2) is 18.3 Å². The van der Waals surface area contributed by atoms with E-state index in [1.54, 1.807) is 6.20 Å². The minimum atomic E-state index is -4.06. The first-order valence-corrected chi connectivity index (χ1v) is 5.42. The molecule has 0 aromatic carbocycles. The zero-order valence-corrected chi connectivity index (χ0v) is 9.43. The van der Waals surface area contributed by atoms with Gasteiger partial charge in [0.05, 0.1) is 5.69 Å². The molecule has 0 fully saturated rings. The first-order valence-electron chi connectivity index (χ1n) is 5.42. The first-order chi connectivity index (χ1) is 8.01. The summed E-state index contributed by atoms with van der Waals surface area (Å²) in [5, 5.41) is 2.96. The van der Waals surface area contributed by atoms with E-state index in [0.717, 1.165) is 11.3 Å². The summed E-state index contributed by atoms with van der Waals surface area (Å²) in [4.78, 5) is 4.03. The molecule has 1 rings (SSSR count). The predicted molar refractivity (Wildman–Crippen MR) is 59.1 cm³/mol. The average Bonchev–Trinajstić information content (AvgIpc) is 2.27. The lowest BCUT2D eigenvalue weighted by Gasteiger charge is -2.07. The molecule has 0 amide bonds. The van der Waals surface area contributed by atoms with E-state index in [1.165, 1.54) is 0 Å². The van der Waals surface area contributed by atoms with Crippen molar-refractivity contribution in [2.75, 3.05) is 6.54 Å². The van der Waals surface area contributed by atoms with E-state index >= 15 is 0 Å². The van der Waals surface area contributed by atoms with Crippen LogP contribution in [0, 0.1) is 0 Å². The Balaban J connectivity index is 2.22. The fourth-order valence-electron chi connectivity index (χ4n) is 1.40. The van der Waals surface area contributed by atoms with Crippen molar-refractivity contribution in [1.29, 1.82) is 0 Å². The Bertz CT molecular complexity index is 339. The minimum absolute atomic E-state index is 0.0956. The first kappa shape index (κ1) is 13.9. The lowest BCUT2D eigenvalue weighted by atomic mass is 10.2. The largest absolute Gasteiger partial charge is 0.389 e. The number of nitrogens with one attached hydrogen (secondary N) is 1. The molecule has 3 N–H and O–H groups in total. The number of hydrogen-bond acceptors (Lipinski definition) is 3. The third kappa shape index (κ3) is 6.23. The van der Waals surface area contributed by atoms with Crippen LogP contribution in [0.1, 0.15) is 24.1 Å². The second kappa shape index (κ2) is 6.56. The second-order valence-electron chi connectivity index (χ2n) is 3.76. The summed E-state index contributed by atoms with van der Waals surface area (Å²) in [6.45, 7) is 1.25. The molecule has 0 saturated heterocycles. The van der Waals surface area contributed by atoms with E-state index in [1.807, 2.05) is 12.1 Å². The average molecular weight is 247 g/mol. The molecule has 0 saturated carbocycles. The van der Waals surface area contributed by atoms with Crippen LogP contribution in [0.5, 0.6) is 0 Å². The van der Waals surface area contributed by atoms with E-state index < -0.39 is 12.6 Å². The summed E-state index contributed by atoms with van der Waals surface area (Å²) in [5.74, 6) is 0. The van der Waals surface area contributed by atoms with E-state index in [2.05, 4.69) is 10.3 Å². The second-order valence-corrected chi connectivity index (χ2v) is 3.76. The molecule has 1 aromatic heterocycles. The lowest BCUT2D eigenvalue weighted by molar-refractivity contribution is -0.135. The van der Waals surface area contributed by atoms with Crippen molar-refractivity contribution in [2.45, 2.75) is 32.1 Å². The monoisotopic (exact) mass is 247 g/mol. The zero-order valence-electron chi connectivity index (χ0n) is 9.43. The number of aromatic nitrogens is 1. The number of nitrogens with zero attached hydrogens (tertiary/aromatic N) is 1. The Kier molecular flexibility index (Phi) is 5.37. The highest BCUT2D eigenvalue weighted by atomic mass is 19.4. The third-order valence-electron chi connectivity index (χ3n) is 2.23. The van der Waals surface area contributed by atoms with Crippen LogP contribution >= 0.6 is 0 Å². The van der Waals surface area contributed by atoms with Gasteiger partial charge in [0.15, 0.2) is 0 Å². The van der Waals surface area contributed by atoms with E-state index in [4.69, 9.17) is 5.73 Å². The van der Waals surface area contributed by atoms with Crippen molar-refractivity contribution in [2.24, 2.45) is 5.73 Å². The van der Waals surface area contributed by atoms with Gasteiger partial charge in [0.2, 0.25) is 0 Å². The molecule has 3 nitrogen and oxygen atoms in total. The van der Waals surface area contributed by atoms with Gasteiger partial charge in [-0.15, -0.1) is 0 Å². The Labute approximate surface area is 98.2 Å². The number of nitrogens with two attached hydrogens (primary N) is 1. The van der Waals surface area contributed by atoms with Gasteiger partial charge < -0.3 is 11.1 Å². The maximum atomic E-state index is 11.9. The van der Waals surface area contributed by atoms with Crippen LogP contribution in [-0.4, -0.2) is 17.7 Å². The summed E-state index contributed by atoms with van der Waals surface area (Å²) in [5.41, 5.74) is 7.19. The maximum absolute atomic E-state index is 11.9. The van der Waals surface area contributed by atoms with Crippen LogP contribution in [0.2, 0.25) is 0 Å². The van der Waals surface area contributed by atoms with Gasteiger partial charge in [-0.2, -0.15) is 13.2 Å². The lowest BCUT2D eigenvalue weighted by Crippen LogP contribution is -2.18. The van der Waals surface area contributed by atoms with Crippen molar-refractivity contribution in [3.05, 3.63) is 29.6 Å². The molecule has 17 heavy (non-hydrogen) atoms. The summed E-state index contributed by atoms with van der Waals surface area (Å²) >= 11 is 0. The van der Waals surface area contributed by atoms with Crippen molar-refractivity contribution in [3.8, 4) is 0 Å². The summed E-state index contributed by atoms with van der Waals surface area (Å²) < 4.78 is 35.6. The fourth-order valence-corrected chi connectivity index (χ4v) is 1.40. The number of rotatable bonds is 6. The molecular formula is C11H16F3N3. The summed E-state index contributed by atoms with van der Waals surface area (Å²) in [6, 6.07) is 3.66. The van der Waals surface area contributed by atoms with Crippen molar-refractivity contribution >= 4 is 0 Å². The van der Waals surface area contributed by atoms with Crippen molar-refractivity contribution in [1.82, 2.24) is 10.3 Å². The number of alkyl halides is 3. The Morgan fingerprint density at radius 3 is 2.76 bits per heavy atom. The minimum Gasteiger partial charge on any atom is -0.325 e. The van der Waals surface area contributed by atoms with Crippen molar-refractivity contribution < 1.29 is 13.2 Å². The highest BCUT2D eigenvalue weighted by molar-refractivity contribution is 5.15. The quantitative estimate of drug-likeness (QED) is 0.756. The molecule has 0 unspecified atom stereocenters. The molecule has 1 aromatic rings. The van der Waals surface area contributed by atoms with Gasteiger partial charge in [0.25, 0.3) is 0 Å². The Hall–Kier alpha value is -1.14. The van der Waals surface area contributed by atoms with Crippen LogP contribution < -0.4 is 11.1 Å². The zero-order chi connectivity index (χ0) is 12.7. The van der Waals surface area contributed by atoms with Crippen molar-refractivity contribution in [3.63, 3.8) is 0 Å². The standard InChI is InChI=1S/C11H16F3N3/c12-11(13,14)3-1-4-16-8-9-2-5-17-10(6-9)7-15/h2,5-6,16H,1,3-4,7-8,15H2. The van der Waals surface area contributed by atoms with Crippen LogP contribution in [0.4, 0.5) is 13.2 Å². The van der Waals surface area contributed by atoms with E-state index in [0.29, 0.717) is 19.6 Å². The molecule has 0 radical (unpaired) electrons. The van der Waals surface area contributed by atoms with Gasteiger partial charge in [-0.1, -0.05) is 0 Å². The van der Waals surface area contributed by atoms with Gasteiger partial charge in [-0.05, 0) is 30.7 Å². The molecule has 6 heteroatoms. The number of halogens is 3. The highest BCUT2D eigenvalue weighted by Crippen LogP contribution is 2.20. The molecule has 0 spiro atoms.